The number of halogens is 1. The van der Waals surface area contributed by atoms with E-state index in [-0.39, 0.29) is 5.91 Å². The smallest absolute Gasteiger partial charge is 0.223 e. The highest BCUT2D eigenvalue weighted by molar-refractivity contribution is 6.29. The molecular formula is C18H22ClN3O3. The Morgan fingerprint density at radius 2 is 2.08 bits per heavy atom. The van der Waals surface area contributed by atoms with Gasteiger partial charge in [0.1, 0.15) is 5.76 Å². The van der Waals surface area contributed by atoms with Gasteiger partial charge in [-0.1, -0.05) is 47.1 Å². The number of β-amino-alcohol motifs (C(OH)–C–C–N with tert-alkyl or cyclic N) is 1. The maximum absolute atomic E-state index is 12.4. The molecule has 0 spiro atoms. The van der Waals surface area contributed by atoms with E-state index in [1.165, 1.54) is 5.56 Å². The van der Waals surface area contributed by atoms with Gasteiger partial charge in [0.25, 0.3) is 0 Å². The molecule has 0 saturated carbocycles. The third-order valence-corrected chi connectivity index (χ3v) is 4.48. The van der Waals surface area contributed by atoms with Crippen LogP contribution in [-0.2, 0) is 17.8 Å². The maximum Gasteiger partial charge on any atom is 0.223 e. The lowest BCUT2D eigenvalue weighted by atomic mass is 10.2. The van der Waals surface area contributed by atoms with Gasteiger partial charge in [0, 0.05) is 51.6 Å². The second-order valence-electron chi connectivity index (χ2n) is 6.33. The van der Waals surface area contributed by atoms with E-state index in [0.717, 1.165) is 13.1 Å². The minimum atomic E-state index is -0.546. The van der Waals surface area contributed by atoms with Crippen molar-refractivity contribution >= 4 is 17.5 Å². The number of amides is 1. The highest BCUT2D eigenvalue weighted by atomic mass is 35.5. The standard InChI is InChI=1S/C18H22ClN3O3/c19-17-10-16(25-20-17)6-7-18(24)22-9-8-21(12-15(23)13-22)11-14-4-2-1-3-5-14/h1-5,10,15,23H,6-9,11-13H2/t15-/m1/s1. The minimum absolute atomic E-state index is 0.00753. The Hall–Kier alpha value is -1.89. The van der Waals surface area contributed by atoms with E-state index in [1.54, 1.807) is 11.0 Å². The number of hydrogen-bond donors (Lipinski definition) is 1. The van der Waals surface area contributed by atoms with Gasteiger partial charge in [-0.3, -0.25) is 9.69 Å². The van der Waals surface area contributed by atoms with Gasteiger partial charge in [-0.25, -0.2) is 0 Å². The number of aliphatic hydroxyl groups excluding tert-OH is 1. The summed E-state index contributed by atoms with van der Waals surface area (Å²) in [5, 5.41) is 14.2. The molecule has 1 saturated heterocycles. The molecule has 1 N–H and O–H groups in total. The third-order valence-electron chi connectivity index (χ3n) is 4.30. The van der Waals surface area contributed by atoms with Crippen LogP contribution in [0.25, 0.3) is 0 Å². The van der Waals surface area contributed by atoms with Crippen molar-refractivity contribution in [3.05, 3.63) is 52.9 Å². The summed E-state index contributed by atoms with van der Waals surface area (Å²) in [7, 11) is 0. The number of rotatable bonds is 5. The minimum Gasteiger partial charge on any atom is -0.390 e. The van der Waals surface area contributed by atoms with E-state index < -0.39 is 6.10 Å². The molecule has 2 aromatic rings. The summed E-state index contributed by atoms with van der Waals surface area (Å²) in [5.74, 6) is 0.604. The molecule has 1 fully saturated rings. The van der Waals surface area contributed by atoms with Crippen LogP contribution in [0.3, 0.4) is 0 Å². The first-order chi connectivity index (χ1) is 12.1. The largest absolute Gasteiger partial charge is 0.390 e. The predicted molar refractivity (Wildman–Crippen MR) is 94.1 cm³/mol. The van der Waals surface area contributed by atoms with Crippen LogP contribution in [0.2, 0.25) is 5.15 Å². The lowest BCUT2D eigenvalue weighted by Crippen LogP contribution is -2.37. The van der Waals surface area contributed by atoms with Crippen LogP contribution in [0.5, 0.6) is 0 Å². The molecule has 3 rings (SSSR count). The molecule has 0 unspecified atom stereocenters. The van der Waals surface area contributed by atoms with Gasteiger partial charge < -0.3 is 14.5 Å². The zero-order valence-corrected chi connectivity index (χ0v) is 14.7. The molecule has 1 aromatic carbocycles. The first-order valence-electron chi connectivity index (χ1n) is 8.43. The average molecular weight is 364 g/mol. The van der Waals surface area contributed by atoms with Crippen LogP contribution < -0.4 is 0 Å². The van der Waals surface area contributed by atoms with Crippen LogP contribution in [0.15, 0.2) is 40.9 Å². The topological polar surface area (TPSA) is 69.8 Å². The summed E-state index contributed by atoms with van der Waals surface area (Å²) in [4.78, 5) is 16.4. The first-order valence-corrected chi connectivity index (χ1v) is 8.81. The molecule has 1 aliphatic rings. The van der Waals surface area contributed by atoms with Crippen LogP contribution >= 0.6 is 11.6 Å². The fraction of sp³-hybridized carbons (Fsp3) is 0.444. The van der Waals surface area contributed by atoms with E-state index in [2.05, 4.69) is 22.2 Å². The number of benzene rings is 1. The van der Waals surface area contributed by atoms with Gasteiger partial charge in [-0.2, -0.15) is 0 Å². The van der Waals surface area contributed by atoms with Gasteiger partial charge in [0.15, 0.2) is 5.15 Å². The lowest BCUT2D eigenvalue weighted by molar-refractivity contribution is -0.132. The molecule has 1 aliphatic heterocycles. The van der Waals surface area contributed by atoms with Crippen molar-refractivity contribution in [2.24, 2.45) is 0 Å². The molecule has 7 heteroatoms. The molecule has 134 valence electrons. The van der Waals surface area contributed by atoms with E-state index in [1.807, 2.05) is 18.2 Å². The van der Waals surface area contributed by atoms with Gasteiger partial charge in [0.05, 0.1) is 6.10 Å². The van der Waals surface area contributed by atoms with E-state index in [0.29, 0.717) is 43.4 Å². The maximum atomic E-state index is 12.4. The Kier molecular flexibility index (Phi) is 6.07. The van der Waals surface area contributed by atoms with E-state index in [9.17, 15) is 9.90 Å². The average Bonchev–Trinajstić information content (AvgIpc) is 2.93. The van der Waals surface area contributed by atoms with Crippen LogP contribution in [-0.4, -0.2) is 58.3 Å². The van der Waals surface area contributed by atoms with Crippen molar-refractivity contribution in [3.63, 3.8) is 0 Å². The van der Waals surface area contributed by atoms with Gasteiger partial charge in [0.2, 0.25) is 5.91 Å². The fourth-order valence-electron chi connectivity index (χ4n) is 3.06. The van der Waals surface area contributed by atoms with Crippen molar-refractivity contribution in [3.8, 4) is 0 Å². The number of aliphatic hydroxyl groups is 1. The molecule has 1 atom stereocenters. The second-order valence-corrected chi connectivity index (χ2v) is 6.72. The highest BCUT2D eigenvalue weighted by Crippen LogP contribution is 2.13. The second kappa shape index (κ2) is 8.47. The van der Waals surface area contributed by atoms with Gasteiger partial charge in [-0.05, 0) is 5.56 Å². The molecule has 25 heavy (non-hydrogen) atoms. The van der Waals surface area contributed by atoms with Crippen molar-refractivity contribution in [1.82, 2.24) is 15.0 Å². The SMILES string of the molecule is O=C(CCc1cc(Cl)no1)N1CCN(Cc2ccccc2)C[C@@H](O)C1. The Morgan fingerprint density at radius 1 is 1.28 bits per heavy atom. The Labute approximate surface area is 152 Å². The van der Waals surface area contributed by atoms with Gasteiger partial charge >= 0.3 is 0 Å². The molecule has 1 amide bonds. The summed E-state index contributed by atoms with van der Waals surface area (Å²) in [6.07, 6.45) is 0.227. The van der Waals surface area contributed by atoms with Crippen molar-refractivity contribution < 1.29 is 14.4 Å². The fourth-order valence-corrected chi connectivity index (χ4v) is 3.22. The van der Waals surface area contributed by atoms with Crippen LogP contribution in [0.4, 0.5) is 0 Å². The first kappa shape index (κ1) is 17.9. The number of aryl methyl sites for hydroxylation is 1. The van der Waals surface area contributed by atoms with Gasteiger partial charge in [-0.15, -0.1) is 0 Å². The quantitative estimate of drug-likeness (QED) is 0.879. The zero-order chi connectivity index (χ0) is 17.6. The molecule has 1 aromatic heterocycles. The monoisotopic (exact) mass is 363 g/mol. The van der Waals surface area contributed by atoms with Crippen LogP contribution in [0, 0.1) is 0 Å². The molecule has 6 nitrogen and oxygen atoms in total. The van der Waals surface area contributed by atoms with Crippen molar-refractivity contribution in [1.29, 1.82) is 0 Å². The number of aromatic nitrogens is 1. The Balaban J connectivity index is 1.52. The summed E-state index contributed by atoms with van der Waals surface area (Å²) < 4.78 is 5.02. The van der Waals surface area contributed by atoms with E-state index >= 15 is 0 Å². The summed E-state index contributed by atoms with van der Waals surface area (Å²) in [6, 6.07) is 11.8. The Bertz CT molecular complexity index is 692. The normalized spacial score (nSPS) is 19.0. The third kappa shape index (κ3) is 5.29. The molecular weight excluding hydrogens is 342 g/mol. The summed E-state index contributed by atoms with van der Waals surface area (Å²) >= 11 is 5.71. The molecule has 0 aliphatic carbocycles. The summed E-state index contributed by atoms with van der Waals surface area (Å²) in [5.41, 5.74) is 1.21. The zero-order valence-electron chi connectivity index (χ0n) is 14.0. The summed E-state index contributed by atoms with van der Waals surface area (Å²) in [6.45, 7) is 3.06. The van der Waals surface area contributed by atoms with E-state index in [4.69, 9.17) is 16.1 Å². The van der Waals surface area contributed by atoms with Crippen molar-refractivity contribution in [2.75, 3.05) is 26.2 Å². The molecule has 2 heterocycles. The van der Waals surface area contributed by atoms with Crippen LogP contribution in [0.1, 0.15) is 17.7 Å². The number of hydrogen-bond acceptors (Lipinski definition) is 5. The highest BCUT2D eigenvalue weighted by Gasteiger charge is 2.24. The predicted octanol–water partition coefficient (Wildman–Crippen LogP) is 1.97. The number of carbonyl (C=O) groups is 1. The Morgan fingerprint density at radius 3 is 2.80 bits per heavy atom. The van der Waals surface area contributed by atoms with Crippen molar-refractivity contribution in [2.45, 2.75) is 25.5 Å². The molecule has 0 bridgehead atoms. The number of carbonyl (C=O) groups excluding carboxylic acids is 1. The molecule has 0 radical (unpaired) electrons. The lowest BCUT2D eigenvalue weighted by Gasteiger charge is -2.21. The number of nitrogens with zero attached hydrogens (tertiary/aromatic N) is 3.